The van der Waals surface area contributed by atoms with Crippen LogP contribution in [0.3, 0.4) is 0 Å². The van der Waals surface area contributed by atoms with Crippen LogP contribution >= 0.6 is 0 Å². The van der Waals surface area contributed by atoms with Crippen molar-refractivity contribution >= 4 is 22.9 Å². The van der Waals surface area contributed by atoms with Crippen molar-refractivity contribution in [3.05, 3.63) is 89.1 Å². The maximum atomic E-state index is 16.4. The normalized spacial score (nSPS) is 18.6. The molecule has 50 heavy (non-hydrogen) atoms. The van der Waals surface area contributed by atoms with Gasteiger partial charge in [-0.05, 0) is 80.5 Å². The highest BCUT2D eigenvalue weighted by Gasteiger charge is 2.38. The third-order valence-electron chi connectivity index (χ3n) is 10.2. The lowest BCUT2D eigenvalue weighted by Crippen LogP contribution is -2.51. The van der Waals surface area contributed by atoms with E-state index in [-0.39, 0.29) is 17.9 Å². The first-order valence-corrected chi connectivity index (χ1v) is 17.3. The molecule has 3 atom stereocenters. The van der Waals surface area contributed by atoms with Crippen molar-refractivity contribution in [3.8, 4) is 34.0 Å². The molecule has 3 aromatic carbocycles. The number of alkyl carbamates (subject to hydrolysis) is 1. The molecule has 1 saturated heterocycles. The molecule has 3 aliphatic heterocycles. The quantitative estimate of drug-likeness (QED) is 0.193. The molecule has 2 aromatic heterocycles. The van der Waals surface area contributed by atoms with Gasteiger partial charge >= 0.3 is 6.09 Å². The van der Waals surface area contributed by atoms with Gasteiger partial charge in [0.25, 0.3) is 0 Å². The van der Waals surface area contributed by atoms with Crippen LogP contribution in [-0.4, -0.2) is 57.7 Å². The molecular formula is C39H40FN5O5. The van der Waals surface area contributed by atoms with Crippen LogP contribution < -0.4 is 14.8 Å². The van der Waals surface area contributed by atoms with Gasteiger partial charge in [-0.3, -0.25) is 4.79 Å². The number of rotatable bonds is 6. The minimum atomic E-state index is -0.737. The average molecular weight is 678 g/mol. The average Bonchev–Trinajstić information content (AvgIpc) is 3.88. The summed E-state index contributed by atoms with van der Waals surface area (Å²) in [6.45, 7) is 7.03. The van der Waals surface area contributed by atoms with Crippen molar-refractivity contribution in [2.24, 2.45) is 5.92 Å². The first-order valence-electron chi connectivity index (χ1n) is 17.3. The predicted octanol–water partition coefficient (Wildman–Crippen LogP) is 7.45. The number of likely N-dealkylation sites (tertiary alicyclic amines) is 1. The molecule has 0 spiro atoms. The van der Waals surface area contributed by atoms with E-state index in [1.54, 1.807) is 11.1 Å². The second-order valence-corrected chi connectivity index (χ2v) is 13.8. The number of H-pyrrole nitrogens is 1. The molecule has 1 unspecified atom stereocenters. The zero-order chi connectivity index (χ0) is 34.7. The number of halogens is 1. The molecule has 0 saturated carbocycles. The van der Waals surface area contributed by atoms with Crippen LogP contribution in [0.25, 0.3) is 33.4 Å². The highest BCUT2D eigenvalue weighted by molar-refractivity contribution is 5.91. The molecule has 11 heteroatoms. The summed E-state index contributed by atoms with van der Waals surface area (Å²) in [4.78, 5) is 35.4. The third-order valence-corrected chi connectivity index (χ3v) is 10.2. The number of hydrogen-bond donors (Lipinski definition) is 2. The molecule has 2 amide bonds. The van der Waals surface area contributed by atoms with E-state index in [0.29, 0.717) is 48.0 Å². The second-order valence-electron chi connectivity index (χ2n) is 13.8. The van der Waals surface area contributed by atoms with Crippen LogP contribution in [-0.2, 0) is 16.0 Å². The van der Waals surface area contributed by atoms with Gasteiger partial charge < -0.3 is 34.0 Å². The largest absolute Gasteiger partial charge is 0.493 e. The van der Waals surface area contributed by atoms with Crippen LogP contribution in [0.4, 0.5) is 9.18 Å². The number of carbonyl (C=O) groups excluding carboxylic acids is 2. The number of nitrogens with one attached hydrogen (secondary N) is 2. The Morgan fingerprint density at radius 1 is 1.08 bits per heavy atom. The fourth-order valence-corrected chi connectivity index (χ4v) is 7.63. The minimum Gasteiger partial charge on any atom is -0.493 e. The molecular weight excluding hydrogens is 637 g/mol. The highest BCUT2D eigenvalue weighted by atomic mass is 19.1. The standard InChI is InChI=1S/C39H40FN5O5/c1-21(2)35(43-39(47)48-4)37(46)44-13-5-8-30(44)36-41-20-28(42-36)25-16-27(40)34-31-17-26-15-22(3)9-12-29(26)45(31)38(50-33(34)19-25)24-11-10-23-7-6-14-49-32(23)18-24/h9-12,15-21,30,35,38H,5-8,13-14H2,1-4H3,(H,41,42)(H,43,47)/t30-,35-,38?/m0/s1. The van der Waals surface area contributed by atoms with Crippen molar-refractivity contribution in [3.63, 3.8) is 0 Å². The highest BCUT2D eigenvalue weighted by Crippen LogP contribution is 2.47. The maximum Gasteiger partial charge on any atom is 0.407 e. The Morgan fingerprint density at radius 2 is 1.94 bits per heavy atom. The van der Waals surface area contributed by atoms with E-state index >= 15 is 4.39 Å². The molecule has 2 N–H and O–H groups in total. The van der Waals surface area contributed by atoms with Crippen molar-refractivity contribution in [1.29, 1.82) is 0 Å². The molecule has 1 fully saturated rings. The fourth-order valence-electron chi connectivity index (χ4n) is 7.63. The van der Waals surface area contributed by atoms with E-state index in [1.807, 2.05) is 32.9 Å². The molecule has 8 rings (SSSR count). The number of amides is 2. The van der Waals surface area contributed by atoms with E-state index < -0.39 is 24.2 Å². The Bertz CT molecular complexity index is 2140. The van der Waals surface area contributed by atoms with E-state index in [4.69, 9.17) is 14.2 Å². The second kappa shape index (κ2) is 12.5. The van der Waals surface area contributed by atoms with Gasteiger partial charge in [-0.1, -0.05) is 37.6 Å². The summed E-state index contributed by atoms with van der Waals surface area (Å²) < 4.78 is 36.0. The summed E-state index contributed by atoms with van der Waals surface area (Å²) in [6, 6.07) is 16.8. The predicted molar refractivity (Wildman–Crippen MR) is 187 cm³/mol. The van der Waals surface area contributed by atoms with Crippen molar-refractivity contribution in [2.75, 3.05) is 20.3 Å². The van der Waals surface area contributed by atoms with E-state index in [2.05, 4.69) is 56.3 Å². The number of aromatic amines is 1. The lowest BCUT2D eigenvalue weighted by atomic mass is 10.0. The molecule has 5 aromatic rings. The van der Waals surface area contributed by atoms with Crippen LogP contribution in [0.5, 0.6) is 11.5 Å². The number of benzene rings is 3. The van der Waals surface area contributed by atoms with Gasteiger partial charge in [-0.25, -0.2) is 14.2 Å². The summed E-state index contributed by atoms with van der Waals surface area (Å²) in [7, 11) is 1.28. The Morgan fingerprint density at radius 3 is 2.76 bits per heavy atom. The summed E-state index contributed by atoms with van der Waals surface area (Å²) >= 11 is 0. The maximum absolute atomic E-state index is 16.4. The number of hydrogen-bond acceptors (Lipinski definition) is 6. The Labute approximate surface area is 289 Å². The Balaban J connectivity index is 1.15. The SMILES string of the molecule is COC(=O)N[C@H](C(=O)N1CCC[C@H]1c1ncc(-c2cc(F)c3c(c2)OC(c2ccc4c(c2)OCCC4)n2c-3cc3cc(C)ccc32)[nH]1)C(C)C. The molecule has 0 bridgehead atoms. The van der Waals surface area contributed by atoms with Gasteiger partial charge in [0.15, 0.2) is 0 Å². The van der Waals surface area contributed by atoms with E-state index in [0.717, 1.165) is 52.7 Å². The fraction of sp³-hybridized carbons (Fsp3) is 0.359. The van der Waals surface area contributed by atoms with Crippen LogP contribution in [0.1, 0.15) is 67.9 Å². The Hall–Kier alpha value is -5.32. The van der Waals surface area contributed by atoms with Gasteiger partial charge in [0, 0.05) is 23.1 Å². The lowest BCUT2D eigenvalue weighted by molar-refractivity contribution is -0.135. The first-order chi connectivity index (χ1) is 24.2. The molecule has 5 heterocycles. The van der Waals surface area contributed by atoms with Gasteiger partial charge in [0.2, 0.25) is 12.1 Å². The number of imidazole rings is 1. The Kier molecular flexibility index (Phi) is 8.00. The lowest BCUT2D eigenvalue weighted by Gasteiger charge is -2.31. The monoisotopic (exact) mass is 677 g/mol. The summed E-state index contributed by atoms with van der Waals surface area (Å²) in [5.41, 5.74) is 6.50. The number of carbonyl (C=O) groups is 2. The number of aryl methyl sites for hydroxylation is 2. The zero-order valence-corrected chi connectivity index (χ0v) is 28.6. The molecule has 0 radical (unpaired) electrons. The number of fused-ring (bicyclic) bond motifs is 6. The molecule has 0 aliphatic carbocycles. The van der Waals surface area contributed by atoms with Gasteiger partial charge in [0.05, 0.1) is 48.4 Å². The van der Waals surface area contributed by atoms with Crippen molar-refractivity contribution < 1.29 is 28.2 Å². The van der Waals surface area contributed by atoms with Crippen LogP contribution in [0.2, 0.25) is 0 Å². The number of aromatic nitrogens is 3. The van der Waals surface area contributed by atoms with E-state index in [9.17, 15) is 9.59 Å². The third kappa shape index (κ3) is 5.45. The topological polar surface area (TPSA) is 111 Å². The molecule has 3 aliphatic rings. The van der Waals surface area contributed by atoms with Crippen LogP contribution in [0.15, 0.2) is 60.8 Å². The minimum absolute atomic E-state index is 0.145. The van der Waals surface area contributed by atoms with Gasteiger partial charge in [-0.15, -0.1) is 0 Å². The van der Waals surface area contributed by atoms with E-state index in [1.165, 1.54) is 18.7 Å². The smallest absolute Gasteiger partial charge is 0.407 e. The number of methoxy groups -OCH3 is 1. The van der Waals surface area contributed by atoms with Crippen LogP contribution in [0, 0.1) is 18.7 Å². The molecule has 10 nitrogen and oxygen atoms in total. The summed E-state index contributed by atoms with van der Waals surface area (Å²) in [6.07, 6.45) is 3.93. The van der Waals surface area contributed by atoms with Crippen molar-refractivity contribution in [1.82, 2.24) is 24.8 Å². The van der Waals surface area contributed by atoms with Gasteiger partial charge in [0.1, 0.15) is 29.2 Å². The first kappa shape index (κ1) is 31.9. The zero-order valence-electron chi connectivity index (χ0n) is 28.6. The summed E-state index contributed by atoms with van der Waals surface area (Å²) in [5, 5.41) is 3.69. The van der Waals surface area contributed by atoms with Gasteiger partial charge in [-0.2, -0.15) is 0 Å². The number of nitrogens with zero attached hydrogens (tertiary/aromatic N) is 3. The number of ether oxygens (including phenoxy) is 3. The summed E-state index contributed by atoms with van der Waals surface area (Å²) in [5.74, 6) is 1.15. The molecule has 258 valence electrons. The van der Waals surface area contributed by atoms with Crippen molar-refractivity contribution in [2.45, 2.75) is 64.8 Å².